The molecule has 134 valence electrons. The lowest BCUT2D eigenvalue weighted by Crippen LogP contribution is -2.16. The van der Waals surface area contributed by atoms with E-state index < -0.39 is 0 Å². The summed E-state index contributed by atoms with van der Waals surface area (Å²) in [5, 5.41) is 14.0. The quantitative estimate of drug-likeness (QED) is 0.491. The fourth-order valence-electron chi connectivity index (χ4n) is 2.48. The molecule has 0 aliphatic rings. The Bertz CT molecular complexity index is 919. The van der Waals surface area contributed by atoms with Gasteiger partial charge in [-0.05, 0) is 37.4 Å². The van der Waals surface area contributed by atoms with E-state index in [1.54, 1.807) is 35.6 Å². The van der Waals surface area contributed by atoms with Crippen LogP contribution >= 0.6 is 23.1 Å². The number of carbonyl (C=O) groups is 2. The molecule has 3 rings (SSSR count). The summed E-state index contributed by atoms with van der Waals surface area (Å²) in [7, 11) is 0. The fourth-order valence-corrected chi connectivity index (χ4v) is 4.00. The van der Waals surface area contributed by atoms with Crippen LogP contribution in [0.1, 0.15) is 24.2 Å². The monoisotopic (exact) mass is 386 g/mol. The largest absolute Gasteiger partial charge is 0.325 e. The van der Waals surface area contributed by atoms with E-state index in [2.05, 4.69) is 15.5 Å². The van der Waals surface area contributed by atoms with Crippen LogP contribution in [0.3, 0.4) is 0 Å². The van der Waals surface area contributed by atoms with Gasteiger partial charge in [0.2, 0.25) is 5.91 Å². The molecule has 0 aliphatic carbocycles. The van der Waals surface area contributed by atoms with Crippen LogP contribution in [0.4, 0.5) is 5.69 Å². The second-order valence-electron chi connectivity index (χ2n) is 5.47. The zero-order chi connectivity index (χ0) is 18.5. The summed E-state index contributed by atoms with van der Waals surface area (Å²) in [5.74, 6) is 0.730. The first-order valence-electron chi connectivity index (χ1n) is 8.09. The minimum absolute atomic E-state index is 0.0835. The van der Waals surface area contributed by atoms with Crippen LogP contribution in [0.2, 0.25) is 0 Å². The van der Waals surface area contributed by atoms with Gasteiger partial charge in [0.15, 0.2) is 16.8 Å². The molecule has 0 aliphatic heterocycles. The predicted molar refractivity (Wildman–Crippen MR) is 105 cm³/mol. The van der Waals surface area contributed by atoms with Gasteiger partial charge >= 0.3 is 0 Å². The number of thioether (sulfide) groups is 1. The lowest BCUT2D eigenvalue weighted by atomic mass is 10.1. The molecule has 0 atom stereocenters. The number of hydrogen-bond acceptors (Lipinski definition) is 6. The number of Topliss-reactive ketones (excluding diaryl/α,β-unsaturated/α-hetero) is 1. The maximum absolute atomic E-state index is 12.3. The fraction of sp³-hybridized carbons (Fsp3) is 0.222. The topological polar surface area (TPSA) is 76.9 Å². The Hall–Kier alpha value is -2.45. The lowest BCUT2D eigenvalue weighted by Gasteiger charge is -2.09. The Morgan fingerprint density at radius 3 is 2.69 bits per heavy atom. The molecule has 0 radical (unpaired) electrons. The van der Waals surface area contributed by atoms with Crippen LogP contribution in [-0.2, 0) is 11.3 Å². The van der Waals surface area contributed by atoms with E-state index in [0.717, 1.165) is 17.2 Å². The van der Waals surface area contributed by atoms with Crippen molar-refractivity contribution in [3.05, 3.63) is 47.3 Å². The number of aromatic nitrogens is 3. The maximum atomic E-state index is 12.3. The average Bonchev–Trinajstić information content (AvgIpc) is 3.29. The van der Waals surface area contributed by atoms with Crippen molar-refractivity contribution in [3.8, 4) is 10.7 Å². The molecule has 1 amide bonds. The molecule has 0 fully saturated rings. The van der Waals surface area contributed by atoms with E-state index in [1.807, 2.05) is 29.0 Å². The molecule has 0 unspecified atom stereocenters. The molecule has 1 aromatic carbocycles. The Balaban J connectivity index is 1.68. The highest BCUT2D eigenvalue weighted by Crippen LogP contribution is 2.27. The molecule has 0 spiro atoms. The van der Waals surface area contributed by atoms with Gasteiger partial charge in [-0.15, -0.1) is 21.5 Å². The lowest BCUT2D eigenvalue weighted by molar-refractivity contribution is -0.113. The van der Waals surface area contributed by atoms with Crippen molar-refractivity contribution in [2.75, 3.05) is 11.1 Å². The zero-order valence-corrected chi connectivity index (χ0v) is 16.1. The van der Waals surface area contributed by atoms with Crippen LogP contribution in [0.25, 0.3) is 10.7 Å². The van der Waals surface area contributed by atoms with Gasteiger partial charge in [-0.3, -0.25) is 9.59 Å². The van der Waals surface area contributed by atoms with Crippen LogP contribution < -0.4 is 5.32 Å². The molecule has 0 saturated heterocycles. The Morgan fingerprint density at radius 2 is 2.00 bits per heavy atom. The molecule has 8 heteroatoms. The number of amides is 1. The number of ketones is 1. The number of rotatable bonds is 7. The molecule has 2 heterocycles. The number of thiophene rings is 1. The highest BCUT2D eigenvalue weighted by molar-refractivity contribution is 7.99. The maximum Gasteiger partial charge on any atom is 0.234 e. The van der Waals surface area contributed by atoms with Crippen molar-refractivity contribution in [3.63, 3.8) is 0 Å². The molecule has 26 heavy (non-hydrogen) atoms. The summed E-state index contributed by atoms with van der Waals surface area (Å²) in [5.41, 5.74) is 1.03. The van der Waals surface area contributed by atoms with Crippen molar-refractivity contribution >= 4 is 40.5 Å². The predicted octanol–water partition coefficient (Wildman–Crippen LogP) is 3.96. The van der Waals surface area contributed by atoms with E-state index in [9.17, 15) is 9.59 Å². The third-order valence-corrected chi connectivity index (χ3v) is 5.52. The molecular formula is C18H18N4O2S2. The number of nitrogens with one attached hydrogen (secondary N) is 1. The molecule has 1 N–H and O–H groups in total. The SMILES string of the molecule is CCn1c(SCC(=O)Nc2ccccc2C(C)=O)nnc1-c1cccs1. The summed E-state index contributed by atoms with van der Waals surface area (Å²) in [6, 6.07) is 11.0. The summed E-state index contributed by atoms with van der Waals surface area (Å²) in [6.45, 7) is 4.22. The molecule has 0 bridgehead atoms. The average molecular weight is 387 g/mol. The van der Waals surface area contributed by atoms with E-state index in [4.69, 9.17) is 0 Å². The zero-order valence-electron chi connectivity index (χ0n) is 14.4. The first-order valence-corrected chi connectivity index (χ1v) is 9.96. The summed E-state index contributed by atoms with van der Waals surface area (Å²) in [6.07, 6.45) is 0. The number of para-hydroxylation sites is 1. The van der Waals surface area contributed by atoms with Gasteiger partial charge < -0.3 is 9.88 Å². The smallest absolute Gasteiger partial charge is 0.234 e. The van der Waals surface area contributed by atoms with Gasteiger partial charge in [0.05, 0.1) is 16.3 Å². The number of carbonyl (C=O) groups excluding carboxylic acids is 2. The van der Waals surface area contributed by atoms with E-state index in [1.165, 1.54) is 18.7 Å². The van der Waals surface area contributed by atoms with Gasteiger partial charge in [-0.25, -0.2) is 0 Å². The van der Waals surface area contributed by atoms with Crippen molar-refractivity contribution in [1.82, 2.24) is 14.8 Å². The molecule has 6 nitrogen and oxygen atoms in total. The molecular weight excluding hydrogens is 368 g/mol. The summed E-state index contributed by atoms with van der Waals surface area (Å²) < 4.78 is 1.99. The summed E-state index contributed by atoms with van der Waals surface area (Å²) >= 11 is 2.93. The third kappa shape index (κ3) is 4.03. The van der Waals surface area contributed by atoms with Crippen LogP contribution in [-0.4, -0.2) is 32.2 Å². The van der Waals surface area contributed by atoms with Crippen molar-refractivity contribution in [2.24, 2.45) is 0 Å². The second-order valence-corrected chi connectivity index (χ2v) is 7.36. The van der Waals surface area contributed by atoms with Crippen LogP contribution in [0.15, 0.2) is 46.9 Å². The number of hydrogen-bond donors (Lipinski definition) is 1. The number of anilines is 1. The minimum atomic E-state index is -0.188. The minimum Gasteiger partial charge on any atom is -0.325 e. The number of nitrogens with zero attached hydrogens (tertiary/aromatic N) is 3. The highest BCUT2D eigenvalue weighted by atomic mass is 32.2. The Labute approximate surface area is 159 Å². The van der Waals surface area contributed by atoms with E-state index in [-0.39, 0.29) is 17.4 Å². The van der Waals surface area contributed by atoms with Crippen LogP contribution in [0, 0.1) is 0 Å². The normalized spacial score (nSPS) is 10.7. The Kier molecular flexibility index (Phi) is 5.85. The van der Waals surface area contributed by atoms with Gasteiger partial charge in [0.1, 0.15) is 0 Å². The van der Waals surface area contributed by atoms with E-state index in [0.29, 0.717) is 16.4 Å². The first kappa shape index (κ1) is 18.3. The summed E-state index contributed by atoms with van der Waals surface area (Å²) in [4.78, 5) is 25.0. The van der Waals surface area contributed by atoms with Gasteiger partial charge in [-0.1, -0.05) is 30.0 Å². The van der Waals surface area contributed by atoms with Crippen molar-refractivity contribution in [1.29, 1.82) is 0 Å². The van der Waals surface area contributed by atoms with E-state index >= 15 is 0 Å². The molecule has 0 saturated carbocycles. The first-order chi connectivity index (χ1) is 12.6. The van der Waals surface area contributed by atoms with Gasteiger partial charge in [0.25, 0.3) is 0 Å². The third-order valence-electron chi connectivity index (χ3n) is 3.69. The van der Waals surface area contributed by atoms with Gasteiger partial charge in [0, 0.05) is 12.1 Å². The highest BCUT2D eigenvalue weighted by Gasteiger charge is 2.16. The van der Waals surface area contributed by atoms with Crippen molar-refractivity contribution in [2.45, 2.75) is 25.5 Å². The number of benzene rings is 1. The molecule has 2 aromatic heterocycles. The van der Waals surface area contributed by atoms with Crippen LogP contribution in [0.5, 0.6) is 0 Å². The molecule has 3 aromatic rings. The van der Waals surface area contributed by atoms with Gasteiger partial charge in [-0.2, -0.15) is 0 Å². The van der Waals surface area contributed by atoms with Crippen molar-refractivity contribution < 1.29 is 9.59 Å². The second kappa shape index (κ2) is 8.29. The Morgan fingerprint density at radius 1 is 1.19 bits per heavy atom. The standard InChI is InChI=1S/C18H18N4O2S2/c1-3-22-17(15-9-6-10-25-15)20-21-18(22)26-11-16(24)19-14-8-5-4-7-13(14)12(2)23/h4-10H,3,11H2,1-2H3,(H,19,24).